The highest BCUT2D eigenvalue weighted by Crippen LogP contribution is 2.35. The Bertz CT molecular complexity index is 1810. The van der Waals surface area contributed by atoms with Crippen LogP contribution in [0.5, 0.6) is 11.5 Å². The van der Waals surface area contributed by atoms with Crippen molar-refractivity contribution in [2.75, 3.05) is 0 Å². The van der Waals surface area contributed by atoms with Crippen LogP contribution in [0.4, 0.5) is 4.79 Å². The van der Waals surface area contributed by atoms with Crippen molar-refractivity contribution < 1.29 is 14.3 Å². The highest BCUT2D eigenvalue weighted by Gasteiger charge is 2.17. The van der Waals surface area contributed by atoms with Crippen LogP contribution in [0, 0.1) is 13.8 Å². The van der Waals surface area contributed by atoms with Crippen LogP contribution in [0.15, 0.2) is 146 Å². The zero-order chi connectivity index (χ0) is 32.0. The molecule has 0 aliphatic carbocycles. The average Bonchev–Trinajstić information content (AvgIpc) is 3.09. The SMILES string of the molecule is Cc1ccccc1C(C)c1ccc(-c2ccccc2OC(=O)Oc2ccccc2-c2ccc(C(C)c3ccccc3C)cc2)cc1. The van der Waals surface area contributed by atoms with Gasteiger partial charge in [-0.05, 0) is 70.5 Å². The van der Waals surface area contributed by atoms with E-state index in [4.69, 9.17) is 9.47 Å². The lowest BCUT2D eigenvalue weighted by molar-refractivity contribution is 0.152. The summed E-state index contributed by atoms with van der Waals surface area (Å²) in [5, 5.41) is 0. The molecule has 0 spiro atoms. The van der Waals surface area contributed by atoms with Crippen LogP contribution in [0.3, 0.4) is 0 Å². The van der Waals surface area contributed by atoms with Gasteiger partial charge in [-0.15, -0.1) is 0 Å². The number of aryl methyl sites for hydroxylation is 2. The Kier molecular flexibility index (Phi) is 9.12. The van der Waals surface area contributed by atoms with E-state index in [2.05, 4.69) is 125 Å². The summed E-state index contributed by atoms with van der Waals surface area (Å²) < 4.78 is 11.6. The van der Waals surface area contributed by atoms with Crippen LogP contribution in [-0.4, -0.2) is 6.16 Å². The predicted molar refractivity (Wildman–Crippen MR) is 188 cm³/mol. The molecular weight excluding hydrogens is 564 g/mol. The monoisotopic (exact) mass is 602 g/mol. The molecule has 0 N–H and O–H groups in total. The molecule has 0 fully saturated rings. The summed E-state index contributed by atoms with van der Waals surface area (Å²) in [5.74, 6) is 1.42. The minimum Gasteiger partial charge on any atom is -0.394 e. The zero-order valence-electron chi connectivity index (χ0n) is 26.7. The van der Waals surface area contributed by atoms with E-state index in [9.17, 15) is 4.79 Å². The highest BCUT2D eigenvalue weighted by molar-refractivity contribution is 5.78. The lowest BCUT2D eigenvalue weighted by Crippen LogP contribution is -2.14. The number of carbonyl (C=O) groups excluding carboxylic acids is 1. The van der Waals surface area contributed by atoms with E-state index in [0.717, 1.165) is 22.3 Å². The lowest BCUT2D eigenvalue weighted by atomic mass is 9.89. The molecule has 0 aliphatic rings. The molecule has 228 valence electrons. The summed E-state index contributed by atoms with van der Waals surface area (Å²) in [5.41, 5.74) is 11.2. The summed E-state index contributed by atoms with van der Waals surface area (Å²) in [4.78, 5) is 13.2. The smallest absolute Gasteiger partial charge is 0.394 e. The minimum atomic E-state index is -0.783. The largest absolute Gasteiger partial charge is 0.519 e. The Labute approximate surface area is 272 Å². The van der Waals surface area contributed by atoms with Crippen molar-refractivity contribution in [1.29, 1.82) is 0 Å². The van der Waals surface area contributed by atoms with E-state index in [-0.39, 0.29) is 11.8 Å². The second kappa shape index (κ2) is 13.7. The fourth-order valence-electron chi connectivity index (χ4n) is 6.20. The Morgan fingerprint density at radius 3 is 1.20 bits per heavy atom. The van der Waals surface area contributed by atoms with Crippen LogP contribution in [0.25, 0.3) is 22.3 Å². The van der Waals surface area contributed by atoms with E-state index < -0.39 is 6.16 Å². The normalized spacial score (nSPS) is 12.3. The molecule has 0 radical (unpaired) electrons. The standard InChI is InChI=1S/C43H38O3/c1-29-13-5-7-15-37(29)31(3)33-21-25-35(26-22-33)39-17-9-11-19-41(39)45-43(44)46-42-20-12-10-18-40(42)36-27-23-34(24-28-36)32(4)38-16-8-6-14-30(38)2/h5-28,31-32H,1-4H3. The van der Waals surface area contributed by atoms with Crippen molar-refractivity contribution in [1.82, 2.24) is 0 Å². The molecule has 0 saturated carbocycles. The maximum absolute atomic E-state index is 13.2. The summed E-state index contributed by atoms with van der Waals surface area (Å²) in [7, 11) is 0. The van der Waals surface area contributed by atoms with E-state index in [1.807, 2.05) is 36.4 Å². The van der Waals surface area contributed by atoms with Crippen LogP contribution in [0.2, 0.25) is 0 Å². The van der Waals surface area contributed by atoms with E-state index in [0.29, 0.717) is 11.5 Å². The molecule has 6 rings (SSSR count). The third-order valence-electron chi connectivity index (χ3n) is 8.91. The first-order valence-electron chi connectivity index (χ1n) is 15.8. The van der Waals surface area contributed by atoms with Gasteiger partial charge in [0.1, 0.15) is 11.5 Å². The van der Waals surface area contributed by atoms with Crippen molar-refractivity contribution in [2.24, 2.45) is 0 Å². The first-order valence-corrected chi connectivity index (χ1v) is 15.8. The van der Waals surface area contributed by atoms with Crippen molar-refractivity contribution in [3.8, 4) is 33.8 Å². The van der Waals surface area contributed by atoms with Crippen LogP contribution >= 0.6 is 0 Å². The third-order valence-corrected chi connectivity index (χ3v) is 8.91. The number of benzene rings is 6. The molecule has 0 amide bonds. The molecular formula is C43H38O3. The number of hydrogen-bond donors (Lipinski definition) is 0. The quantitative estimate of drug-likeness (QED) is 0.128. The molecule has 46 heavy (non-hydrogen) atoms. The van der Waals surface area contributed by atoms with Crippen molar-refractivity contribution in [2.45, 2.75) is 39.5 Å². The maximum atomic E-state index is 13.2. The number of hydrogen-bond acceptors (Lipinski definition) is 3. The maximum Gasteiger partial charge on any atom is 0.519 e. The molecule has 0 bridgehead atoms. The first-order chi connectivity index (χ1) is 22.4. The van der Waals surface area contributed by atoms with Gasteiger partial charge in [0.05, 0.1) is 0 Å². The molecule has 0 saturated heterocycles. The third kappa shape index (κ3) is 6.64. The van der Waals surface area contributed by atoms with Gasteiger partial charge in [0.2, 0.25) is 0 Å². The summed E-state index contributed by atoms with van der Waals surface area (Å²) in [6, 6.07) is 49.0. The summed E-state index contributed by atoms with van der Waals surface area (Å²) >= 11 is 0. The molecule has 3 heteroatoms. The predicted octanol–water partition coefficient (Wildman–Crippen LogP) is 11.5. The molecule has 2 unspecified atom stereocenters. The van der Waals surface area contributed by atoms with Gasteiger partial charge < -0.3 is 9.47 Å². The van der Waals surface area contributed by atoms with E-state index >= 15 is 0 Å². The molecule has 2 atom stereocenters. The van der Waals surface area contributed by atoms with Gasteiger partial charge >= 0.3 is 6.16 Å². The van der Waals surface area contributed by atoms with Gasteiger partial charge in [0, 0.05) is 23.0 Å². The Balaban J connectivity index is 1.18. The van der Waals surface area contributed by atoms with Gasteiger partial charge in [-0.2, -0.15) is 0 Å². The number of carbonyl (C=O) groups is 1. The van der Waals surface area contributed by atoms with Crippen molar-refractivity contribution in [3.05, 3.63) is 179 Å². The fraction of sp³-hybridized carbons (Fsp3) is 0.140. The van der Waals surface area contributed by atoms with Crippen LogP contribution in [0.1, 0.15) is 59.1 Å². The molecule has 0 heterocycles. The number of rotatable bonds is 8. The highest BCUT2D eigenvalue weighted by atomic mass is 16.7. The molecule has 6 aromatic rings. The van der Waals surface area contributed by atoms with Crippen molar-refractivity contribution >= 4 is 6.16 Å². The van der Waals surface area contributed by atoms with Gasteiger partial charge in [-0.1, -0.05) is 147 Å². The second-order valence-corrected chi connectivity index (χ2v) is 11.8. The van der Waals surface area contributed by atoms with Gasteiger partial charge in [0.25, 0.3) is 0 Å². The average molecular weight is 603 g/mol. The molecule has 6 aromatic carbocycles. The Hall–Kier alpha value is -5.41. The Morgan fingerprint density at radius 1 is 0.457 bits per heavy atom. The van der Waals surface area contributed by atoms with Crippen LogP contribution in [-0.2, 0) is 0 Å². The van der Waals surface area contributed by atoms with Gasteiger partial charge in [-0.3, -0.25) is 0 Å². The first kappa shape index (κ1) is 30.6. The lowest BCUT2D eigenvalue weighted by Gasteiger charge is -2.17. The van der Waals surface area contributed by atoms with Gasteiger partial charge in [0.15, 0.2) is 0 Å². The molecule has 0 aliphatic heterocycles. The zero-order valence-corrected chi connectivity index (χ0v) is 26.7. The topological polar surface area (TPSA) is 35.5 Å². The van der Waals surface area contributed by atoms with E-state index in [1.54, 1.807) is 12.1 Å². The molecule has 3 nitrogen and oxygen atoms in total. The molecule has 0 aromatic heterocycles. The van der Waals surface area contributed by atoms with Crippen molar-refractivity contribution in [3.63, 3.8) is 0 Å². The number of ether oxygens (including phenoxy) is 2. The van der Waals surface area contributed by atoms with E-state index in [1.165, 1.54) is 33.4 Å². The number of para-hydroxylation sites is 2. The van der Waals surface area contributed by atoms with Crippen LogP contribution < -0.4 is 9.47 Å². The Morgan fingerprint density at radius 2 is 0.804 bits per heavy atom. The second-order valence-electron chi connectivity index (χ2n) is 11.8. The summed E-state index contributed by atoms with van der Waals surface area (Å²) in [6.07, 6.45) is -0.783. The minimum absolute atomic E-state index is 0.268. The fourth-order valence-corrected chi connectivity index (χ4v) is 6.20. The van der Waals surface area contributed by atoms with Gasteiger partial charge in [-0.25, -0.2) is 4.79 Å². The summed E-state index contributed by atoms with van der Waals surface area (Å²) in [6.45, 7) is 8.75.